The highest BCUT2D eigenvalue weighted by Gasteiger charge is 2.28. The molecule has 1 N–H and O–H groups in total. The number of hydrogen-bond acceptors (Lipinski definition) is 8. The summed E-state index contributed by atoms with van der Waals surface area (Å²) in [5.41, 5.74) is 0.143. The van der Waals surface area contributed by atoms with Crippen LogP contribution in [0.3, 0.4) is 0 Å². The van der Waals surface area contributed by atoms with Gasteiger partial charge in [-0.25, -0.2) is 8.42 Å². The molecule has 0 unspecified atom stereocenters. The molecule has 0 saturated heterocycles. The standard InChI is InChI=1S/C23H23N3O8S/c1-32-19-9-7-17(8-10-19)25(15-23(27)24-16-5-4-6-18(13-16)26(28)29)35(30,31)20-11-12-21(33-2)22(14-20)34-3/h4-14H,15H2,1-3H3,(H,24,27). The number of nitrogens with one attached hydrogen (secondary N) is 1. The number of nitro groups is 1. The Hall–Kier alpha value is -4.32. The lowest BCUT2D eigenvalue weighted by atomic mass is 10.2. The average molecular weight is 502 g/mol. The number of rotatable bonds is 10. The molecule has 1 amide bonds. The second-order valence-electron chi connectivity index (χ2n) is 7.08. The first-order chi connectivity index (χ1) is 16.7. The summed E-state index contributed by atoms with van der Waals surface area (Å²) in [6.45, 7) is -0.605. The van der Waals surface area contributed by atoms with E-state index in [-0.39, 0.29) is 27.7 Å². The fourth-order valence-corrected chi connectivity index (χ4v) is 4.63. The summed E-state index contributed by atoms with van der Waals surface area (Å²) in [5.74, 6) is 0.332. The molecule has 0 bridgehead atoms. The second kappa shape index (κ2) is 10.7. The number of ether oxygens (including phenoxy) is 3. The molecule has 3 aromatic rings. The minimum absolute atomic E-state index is 0.130. The van der Waals surface area contributed by atoms with Crippen molar-refractivity contribution in [2.24, 2.45) is 0 Å². The van der Waals surface area contributed by atoms with Gasteiger partial charge in [-0.2, -0.15) is 0 Å². The van der Waals surface area contributed by atoms with Crippen LogP contribution in [0.5, 0.6) is 17.2 Å². The van der Waals surface area contributed by atoms with E-state index in [1.807, 2.05) is 0 Å². The number of sulfonamides is 1. The van der Waals surface area contributed by atoms with Gasteiger partial charge in [0.1, 0.15) is 12.3 Å². The zero-order valence-electron chi connectivity index (χ0n) is 19.1. The lowest BCUT2D eigenvalue weighted by molar-refractivity contribution is -0.384. The van der Waals surface area contributed by atoms with Crippen LogP contribution in [0.4, 0.5) is 17.1 Å². The zero-order chi connectivity index (χ0) is 25.6. The van der Waals surface area contributed by atoms with Crippen LogP contribution < -0.4 is 23.8 Å². The molecule has 11 nitrogen and oxygen atoms in total. The molecule has 12 heteroatoms. The first-order valence-electron chi connectivity index (χ1n) is 10.1. The van der Waals surface area contributed by atoms with Crippen LogP contribution >= 0.6 is 0 Å². The highest BCUT2D eigenvalue weighted by Crippen LogP contribution is 2.32. The Morgan fingerprint density at radius 1 is 0.943 bits per heavy atom. The Bertz CT molecular complexity index is 1330. The first kappa shape index (κ1) is 25.3. The van der Waals surface area contributed by atoms with Gasteiger partial charge in [-0.3, -0.25) is 19.2 Å². The normalized spacial score (nSPS) is 10.8. The Morgan fingerprint density at radius 3 is 2.23 bits per heavy atom. The number of nitrogens with zero attached hydrogens (tertiary/aromatic N) is 2. The van der Waals surface area contributed by atoms with Crippen molar-refractivity contribution in [2.45, 2.75) is 4.90 Å². The molecule has 0 heterocycles. The average Bonchev–Trinajstić information content (AvgIpc) is 2.86. The summed E-state index contributed by atoms with van der Waals surface area (Å²) in [6.07, 6.45) is 0. The van der Waals surface area contributed by atoms with Crippen LogP contribution in [0.25, 0.3) is 0 Å². The van der Waals surface area contributed by atoms with E-state index >= 15 is 0 Å². The maximum Gasteiger partial charge on any atom is 0.271 e. The van der Waals surface area contributed by atoms with E-state index in [9.17, 15) is 23.3 Å². The van der Waals surface area contributed by atoms with Gasteiger partial charge in [0.25, 0.3) is 15.7 Å². The SMILES string of the molecule is COc1ccc(N(CC(=O)Nc2cccc([N+](=O)[O-])c2)S(=O)(=O)c2ccc(OC)c(OC)c2)cc1. The van der Waals surface area contributed by atoms with Crippen molar-refractivity contribution >= 4 is 33.0 Å². The number of hydrogen-bond donors (Lipinski definition) is 1. The number of methoxy groups -OCH3 is 3. The van der Waals surface area contributed by atoms with Gasteiger partial charge in [0, 0.05) is 23.9 Å². The summed E-state index contributed by atoms with van der Waals surface area (Å²) in [5, 5.41) is 13.5. The van der Waals surface area contributed by atoms with E-state index in [4.69, 9.17) is 14.2 Å². The molecule has 3 rings (SSSR count). The van der Waals surface area contributed by atoms with E-state index in [2.05, 4.69) is 5.32 Å². The Balaban J connectivity index is 1.98. The second-order valence-corrected chi connectivity index (χ2v) is 8.94. The molecule has 0 spiro atoms. The summed E-state index contributed by atoms with van der Waals surface area (Å²) >= 11 is 0. The largest absolute Gasteiger partial charge is 0.497 e. The number of nitro benzene ring substituents is 1. The van der Waals surface area contributed by atoms with Gasteiger partial charge in [0.15, 0.2) is 11.5 Å². The number of carbonyl (C=O) groups excluding carboxylic acids is 1. The third-order valence-corrected chi connectivity index (χ3v) is 6.70. The first-order valence-corrected chi connectivity index (χ1v) is 11.6. The van der Waals surface area contributed by atoms with Crippen LogP contribution in [0.15, 0.2) is 71.6 Å². The number of amides is 1. The Labute approximate surface area is 202 Å². The predicted molar refractivity (Wildman–Crippen MR) is 129 cm³/mol. The van der Waals surface area contributed by atoms with Gasteiger partial charge in [0.05, 0.1) is 36.8 Å². The van der Waals surface area contributed by atoms with Crippen LogP contribution in [0.2, 0.25) is 0 Å². The van der Waals surface area contributed by atoms with E-state index in [0.717, 1.165) is 4.31 Å². The van der Waals surface area contributed by atoms with Crippen LogP contribution in [0.1, 0.15) is 0 Å². The third-order valence-electron chi connectivity index (χ3n) is 4.93. The lowest BCUT2D eigenvalue weighted by Gasteiger charge is -2.24. The molecular weight excluding hydrogens is 478 g/mol. The van der Waals surface area contributed by atoms with Crippen molar-refractivity contribution in [1.82, 2.24) is 0 Å². The molecule has 0 aliphatic carbocycles. The predicted octanol–water partition coefficient (Wildman–Crippen LogP) is 3.45. The highest BCUT2D eigenvalue weighted by molar-refractivity contribution is 7.92. The molecule has 35 heavy (non-hydrogen) atoms. The molecular formula is C23H23N3O8S. The number of anilines is 2. The van der Waals surface area contributed by atoms with Crippen molar-refractivity contribution in [3.63, 3.8) is 0 Å². The van der Waals surface area contributed by atoms with Gasteiger partial charge in [0.2, 0.25) is 5.91 Å². The smallest absolute Gasteiger partial charge is 0.271 e. The highest BCUT2D eigenvalue weighted by atomic mass is 32.2. The van der Waals surface area contributed by atoms with E-state index in [0.29, 0.717) is 11.5 Å². The van der Waals surface area contributed by atoms with Crippen LogP contribution in [0, 0.1) is 10.1 Å². The number of non-ortho nitro benzene ring substituents is 1. The van der Waals surface area contributed by atoms with E-state index < -0.39 is 27.4 Å². The summed E-state index contributed by atoms with van der Waals surface area (Å²) in [4.78, 5) is 23.1. The lowest BCUT2D eigenvalue weighted by Crippen LogP contribution is -2.38. The van der Waals surface area contributed by atoms with Gasteiger partial charge >= 0.3 is 0 Å². The minimum Gasteiger partial charge on any atom is -0.497 e. The molecule has 0 saturated carbocycles. The fourth-order valence-electron chi connectivity index (χ4n) is 3.20. The van der Waals surface area contributed by atoms with E-state index in [1.54, 1.807) is 12.1 Å². The molecule has 3 aromatic carbocycles. The van der Waals surface area contributed by atoms with Crippen molar-refractivity contribution in [1.29, 1.82) is 0 Å². The fraction of sp³-hybridized carbons (Fsp3) is 0.174. The molecule has 0 aliphatic heterocycles. The monoisotopic (exact) mass is 501 g/mol. The zero-order valence-corrected chi connectivity index (χ0v) is 19.9. The maximum atomic E-state index is 13.6. The van der Waals surface area contributed by atoms with Crippen LogP contribution in [-0.2, 0) is 14.8 Å². The summed E-state index contributed by atoms with van der Waals surface area (Å²) in [7, 11) is 0.0211. The molecule has 0 aromatic heterocycles. The van der Waals surface area contributed by atoms with Crippen LogP contribution in [-0.4, -0.2) is 47.1 Å². The molecule has 0 radical (unpaired) electrons. The topological polar surface area (TPSA) is 137 Å². The van der Waals surface area contributed by atoms with Crippen molar-refractivity contribution in [2.75, 3.05) is 37.5 Å². The third kappa shape index (κ3) is 5.79. The summed E-state index contributed by atoms with van der Waals surface area (Å²) < 4.78 is 43.7. The molecule has 0 aliphatic rings. The Morgan fingerprint density at radius 2 is 1.63 bits per heavy atom. The minimum atomic E-state index is -4.25. The van der Waals surface area contributed by atoms with Gasteiger partial charge in [-0.15, -0.1) is 0 Å². The molecule has 184 valence electrons. The molecule has 0 fully saturated rings. The van der Waals surface area contributed by atoms with Crippen molar-refractivity contribution < 1.29 is 32.3 Å². The van der Waals surface area contributed by atoms with Crippen molar-refractivity contribution in [3.05, 3.63) is 76.8 Å². The maximum absolute atomic E-state index is 13.6. The van der Waals surface area contributed by atoms with Gasteiger partial charge in [-0.05, 0) is 42.5 Å². The van der Waals surface area contributed by atoms with Gasteiger partial charge < -0.3 is 19.5 Å². The number of benzene rings is 3. The summed E-state index contributed by atoms with van der Waals surface area (Å²) in [6, 6.07) is 15.5. The van der Waals surface area contributed by atoms with Gasteiger partial charge in [-0.1, -0.05) is 6.07 Å². The van der Waals surface area contributed by atoms with E-state index in [1.165, 1.54) is 75.9 Å². The van der Waals surface area contributed by atoms with Crippen molar-refractivity contribution in [3.8, 4) is 17.2 Å². The quantitative estimate of drug-likeness (QED) is 0.329. The Kier molecular flexibility index (Phi) is 7.76. The molecule has 0 atom stereocenters. The number of carbonyl (C=O) groups is 1.